The lowest BCUT2D eigenvalue weighted by molar-refractivity contribution is 0.0129. The zero-order valence-electron chi connectivity index (χ0n) is 12.5. The van der Waals surface area contributed by atoms with Crippen molar-refractivity contribution in [2.75, 3.05) is 32.7 Å². The highest BCUT2D eigenvalue weighted by atomic mass is 15.4. The molecule has 1 fully saturated rings. The van der Waals surface area contributed by atoms with Crippen LogP contribution in [0.4, 0.5) is 0 Å². The standard InChI is InChI=1S/C14H28N4/c1-11(2)17-8-9-18(12(3)4)14(5,10-17)13-15-6-7-16-13/h11-12H,6-10H2,1-5H3,(H,15,16). The maximum Gasteiger partial charge on any atom is 0.118 e. The third kappa shape index (κ3) is 2.41. The second kappa shape index (κ2) is 5.17. The molecule has 0 aromatic carbocycles. The molecular weight excluding hydrogens is 224 g/mol. The minimum absolute atomic E-state index is 0.0488. The molecule has 0 aliphatic carbocycles. The van der Waals surface area contributed by atoms with Crippen molar-refractivity contribution >= 4 is 5.84 Å². The van der Waals surface area contributed by atoms with Crippen molar-refractivity contribution in [2.24, 2.45) is 4.99 Å². The lowest BCUT2D eigenvalue weighted by Crippen LogP contribution is -2.68. The predicted octanol–water partition coefficient (Wildman–Crippen LogP) is 1.18. The number of rotatable bonds is 3. The van der Waals surface area contributed by atoms with Gasteiger partial charge in [0.15, 0.2) is 0 Å². The Hall–Kier alpha value is -0.610. The lowest BCUT2D eigenvalue weighted by atomic mass is 9.92. The van der Waals surface area contributed by atoms with Gasteiger partial charge in [-0.1, -0.05) is 0 Å². The van der Waals surface area contributed by atoms with Gasteiger partial charge in [-0.25, -0.2) is 0 Å². The van der Waals surface area contributed by atoms with Crippen LogP contribution in [-0.4, -0.2) is 66.0 Å². The fourth-order valence-corrected chi connectivity index (χ4v) is 3.29. The van der Waals surface area contributed by atoms with E-state index in [0.717, 1.165) is 26.2 Å². The molecule has 1 unspecified atom stereocenters. The Kier molecular flexibility index (Phi) is 3.97. The summed E-state index contributed by atoms with van der Waals surface area (Å²) in [7, 11) is 0. The number of nitrogens with one attached hydrogen (secondary N) is 1. The molecule has 2 rings (SSSR count). The number of hydrogen-bond donors (Lipinski definition) is 1. The van der Waals surface area contributed by atoms with E-state index in [2.05, 4.69) is 49.7 Å². The molecule has 0 radical (unpaired) electrons. The SMILES string of the molecule is CC(C)N1CCN(C(C)C)C(C)(C2=NCCN2)C1. The van der Waals surface area contributed by atoms with Crippen molar-refractivity contribution in [1.82, 2.24) is 15.1 Å². The molecule has 0 spiro atoms. The summed E-state index contributed by atoms with van der Waals surface area (Å²) in [4.78, 5) is 9.87. The van der Waals surface area contributed by atoms with Gasteiger partial charge in [-0.3, -0.25) is 14.8 Å². The van der Waals surface area contributed by atoms with E-state index in [4.69, 9.17) is 4.99 Å². The van der Waals surface area contributed by atoms with E-state index in [-0.39, 0.29) is 5.54 Å². The topological polar surface area (TPSA) is 30.9 Å². The Balaban J connectivity index is 2.23. The largest absolute Gasteiger partial charge is 0.370 e. The molecule has 0 aromatic heterocycles. The summed E-state index contributed by atoms with van der Waals surface area (Å²) in [5.41, 5.74) is 0.0488. The minimum Gasteiger partial charge on any atom is -0.370 e. The zero-order chi connectivity index (χ0) is 13.3. The first-order chi connectivity index (χ1) is 8.45. The molecule has 1 saturated heterocycles. The molecule has 1 atom stereocenters. The minimum atomic E-state index is 0.0488. The number of aliphatic imine (C=N–C) groups is 1. The van der Waals surface area contributed by atoms with Gasteiger partial charge in [0.05, 0.1) is 12.1 Å². The van der Waals surface area contributed by atoms with Gasteiger partial charge in [0, 0.05) is 38.3 Å². The molecule has 1 N–H and O–H groups in total. The fourth-order valence-electron chi connectivity index (χ4n) is 3.29. The van der Waals surface area contributed by atoms with Crippen LogP contribution in [0.1, 0.15) is 34.6 Å². The van der Waals surface area contributed by atoms with Crippen molar-refractivity contribution in [3.8, 4) is 0 Å². The maximum absolute atomic E-state index is 4.69. The molecule has 4 heteroatoms. The second-order valence-electron chi connectivity index (χ2n) is 6.28. The molecule has 0 saturated carbocycles. The molecule has 2 aliphatic heterocycles. The summed E-state index contributed by atoms with van der Waals surface area (Å²) in [5.74, 6) is 1.20. The van der Waals surface area contributed by atoms with Gasteiger partial charge < -0.3 is 5.32 Å². The summed E-state index contributed by atoms with van der Waals surface area (Å²) in [6.07, 6.45) is 0. The van der Waals surface area contributed by atoms with Crippen molar-refractivity contribution in [3.63, 3.8) is 0 Å². The Morgan fingerprint density at radius 2 is 1.89 bits per heavy atom. The molecule has 104 valence electrons. The first kappa shape index (κ1) is 13.8. The first-order valence-electron chi connectivity index (χ1n) is 7.25. The molecule has 0 bridgehead atoms. The Bertz CT molecular complexity index is 324. The quantitative estimate of drug-likeness (QED) is 0.818. The Morgan fingerprint density at radius 1 is 1.17 bits per heavy atom. The van der Waals surface area contributed by atoms with E-state index in [1.165, 1.54) is 12.4 Å². The summed E-state index contributed by atoms with van der Waals surface area (Å²) >= 11 is 0. The number of nitrogens with zero attached hydrogens (tertiary/aromatic N) is 3. The Labute approximate surface area is 111 Å². The zero-order valence-corrected chi connectivity index (χ0v) is 12.5. The van der Waals surface area contributed by atoms with Gasteiger partial charge in [-0.2, -0.15) is 0 Å². The van der Waals surface area contributed by atoms with Crippen molar-refractivity contribution in [3.05, 3.63) is 0 Å². The van der Waals surface area contributed by atoms with Crippen LogP contribution >= 0.6 is 0 Å². The smallest absolute Gasteiger partial charge is 0.118 e. The second-order valence-corrected chi connectivity index (χ2v) is 6.28. The van der Waals surface area contributed by atoms with Gasteiger partial charge in [0.1, 0.15) is 5.84 Å². The summed E-state index contributed by atoms with van der Waals surface area (Å²) in [6.45, 7) is 16.8. The van der Waals surface area contributed by atoms with E-state index in [0.29, 0.717) is 12.1 Å². The molecule has 18 heavy (non-hydrogen) atoms. The highest BCUT2D eigenvalue weighted by Gasteiger charge is 2.44. The highest BCUT2D eigenvalue weighted by Crippen LogP contribution is 2.27. The van der Waals surface area contributed by atoms with Gasteiger partial charge >= 0.3 is 0 Å². The van der Waals surface area contributed by atoms with E-state index in [1.807, 2.05) is 0 Å². The number of amidine groups is 1. The summed E-state index contributed by atoms with van der Waals surface area (Å²) in [5, 5.41) is 3.49. The molecule has 0 amide bonds. The van der Waals surface area contributed by atoms with E-state index in [9.17, 15) is 0 Å². The molecule has 4 nitrogen and oxygen atoms in total. The lowest BCUT2D eigenvalue weighted by Gasteiger charge is -2.51. The van der Waals surface area contributed by atoms with Crippen LogP contribution in [0.5, 0.6) is 0 Å². The number of hydrogen-bond acceptors (Lipinski definition) is 4. The average Bonchev–Trinajstić information content (AvgIpc) is 2.82. The molecular formula is C14H28N4. The monoisotopic (exact) mass is 252 g/mol. The van der Waals surface area contributed by atoms with Crippen molar-refractivity contribution in [1.29, 1.82) is 0 Å². The summed E-state index contributed by atoms with van der Waals surface area (Å²) in [6, 6.07) is 1.18. The van der Waals surface area contributed by atoms with Gasteiger partial charge in [-0.15, -0.1) is 0 Å². The van der Waals surface area contributed by atoms with Crippen LogP contribution in [0.2, 0.25) is 0 Å². The predicted molar refractivity (Wildman–Crippen MR) is 77.3 cm³/mol. The van der Waals surface area contributed by atoms with Crippen LogP contribution in [0.3, 0.4) is 0 Å². The van der Waals surface area contributed by atoms with Crippen LogP contribution in [0.15, 0.2) is 4.99 Å². The van der Waals surface area contributed by atoms with Gasteiger partial charge in [-0.05, 0) is 34.6 Å². The fraction of sp³-hybridized carbons (Fsp3) is 0.929. The third-order valence-electron chi connectivity index (χ3n) is 4.31. The van der Waals surface area contributed by atoms with E-state index in [1.54, 1.807) is 0 Å². The molecule has 0 aromatic rings. The third-order valence-corrected chi connectivity index (χ3v) is 4.31. The van der Waals surface area contributed by atoms with Crippen molar-refractivity contribution in [2.45, 2.75) is 52.2 Å². The summed E-state index contributed by atoms with van der Waals surface area (Å²) < 4.78 is 0. The molecule has 2 aliphatic rings. The van der Waals surface area contributed by atoms with Crippen LogP contribution in [0, 0.1) is 0 Å². The average molecular weight is 252 g/mol. The normalized spacial score (nSPS) is 30.9. The number of piperazine rings is 1. The maximum atomic E-state index is 4.69. The highest BCUT2D eigenvalue weighted by molar-refractivity contribution is 5.92. The van der Waals surface area contributed by atoms with Crippen molar-refractivity contribution < 1.29 is 0 Å². The van der Waals surface area contributed by atoms with E-state index >= 15 is 0 Å². The van der Waals surface area contributed by atoms with Crippen LogP contribution in [0.25, 0.3) is 0 Å². The van der Waals surface area contributed by atoms with Crippen LogP contribution < -0.4 is 5.32 Å². The van der Waals surface area contributed by atoms with Gasteiger partial charge in [0.25, 0.3) is 0 Å². The first-order valence-corrected chi connectivity index (χ1v) is 7.25. The van der Waals surface area contributed by atoms with E-state index < -0.39 is 0 Å². The van der Waals surface area contributed by atoms with Crippen LogP contribution in [-0.2, 0) is 0 Å². The Morgan fingerprint density at radius 3 is 2.39 bits per heavy atom. The van der Waals surface area contributed by atoms with Gasteiger partial charge in [0.2, 0.25) is 0 Å². The molecule has 2 heterocycles.